The molecule has 2 aromatic heterocycles. The minimum atomic E-state index is 0.562. The maximum Gasteiger partial charge on any atom is 0.183 e. The molecule has 0 radical (unpaired) electrons. The number of methoxy groups -OCH3 is 1. The summed E-state index contributed by atoms with van der Waals surface area (Å²) in [5.74, 6) is 1.70. The number of aryl methyl sites for hydroxylation is 1. The Labute approximate surface area is 159 Å². The zero-order valence-electron chi connectivity index (χ0n) is 16.0. The molecule has 1 fully saturated rings. The number of rotatable bonds is 4. The van der Waals surface area contributed by atoms with Crippen molar-refractivity contribution in [2.75, 3.05) is 12.4 Å². The van der Waals surface area contributed by atoms with Crippen molar-refractivity contribution in [2.24, 2.45) is 13.0 Å². The van der Waals surface area contributed by atoms with Gasteiger partial charge in [-0.25, -0.2) is 4.98 Å². The summed E-state index contributed by atoms with van der Waals surface area (Å²) in [6, 6.07) is 6.82. The second-order valence-corrected chi connectivity index (χ2v) is 8.41. The summed E-state index contributed by atoms with van der Waals surface area (Å²) in [6.07, 6.45) is 5.18. The van der Waals surface area contributed by atoms with Crippen LogP contribution in [0.25, 0.3) is 22.2 Å². The van der Waals surface area contributed by atoms with Gasteiger partial charge in [-0.2, -0.15) is 0 Å². The van der Waals surface area contributed by atoms with Crippen LogP contribution in [0.4, 0.5) is 5.13 Å². The number of fused-ring (bicyclic) bond motifs is 1. The largest absolute Gasteiger partial charge is 0.497 e. The predicted molar refractivity (Wildman–Crippen MR) is 110 cm³/mol. The van der Waals surface area contributed by atoms with E-state index in [1.54, 1.807) is 18.4 Å². The molecule has 1 aliphatic carbocycles. The molecule has 0 amide bonds. The van der Waals surface area contributed by atoms with Crippen molar-refractivity contribution in [3.63, 3.8) is 0 Å². The van der Waals surface area contributed by atoms with E-state index in [4.69, 9.17) is 9.72 Å². The molecule has 3 aromatic rings. The third-order valence-corrected chi connectivity index (χ3v) is 6.50. The summed E-state index contributed by atoms with van der Waals surface area (Å²) in [7, 11) is 3.83. The van der Waals surface area contributed by atoms with Crippen LogP contribution in [0, 0.1) is 12.8 Å². The van der Waals surface area contributed by atoms with Crippen LogP contribution in [0.2, 0.25) is 0 Å². The van der Waals surface area contributed by atoms with E-state index < -0.39 is 0 Å². The Balaban J connectivity index is 1.68. The number of hydrogen-bond donors (Lipinski definition) is 1. The van der Waals surface area contributed by atoms with Crippen molar-refractivity contribution in [1.29, 1.82) is 0 Å². The molecular weight excluding hydrogens is 342 g/mol. The van der Waals surface area contributed by atoms with Gasteiger partial charge in [0.1, 0.15) is 5.75 Å². The lowest BCUT2D eigenvalue weighted by atomic mass is 9.87. The van der Waals surface area contributed by atoms with Crippen LogP contribution in [0.3, 0.4) is 0 Å². The average Bonchev–Trinajstić information content (AvgIpc) is 3.18. The number of nitrogens with zero attached hydrogens (tertiary/aromatic N) is 2. The van der Waals surface area contributed by atoms with Gasteiger partial charge in [0.25, 0.3) is 0 Å². The molecule has 1 saturated carbocycles. The van der Waals surface area contributed by atoms with E-state index in [1.807, 2.05) is 6.07 Å². The van der Waals surface area contributed by atoms with Gasteiger partial charge in [-0.15, -0.1) is 11.3 Å². The second-order valence-electron chi connectivity index (χ2n) is 7.55. The molecule has 26 heavy (non-hydrogen) atoms. The first-order chi connectivity index (χ1) is 12.6. The first-order valence-corrected chi connectivity index (χ1v) is 10.3. The Kier molecular flexibility index (Phi) is 4.65. The van der Waals surface area contributed by atoms with Crippen LogP contribution in [0.5, 0.6) is 5.75 Å². The Bertz CT molecular complexity index is 927. The number of nitrogens with one attached hydrogen (secondary N) is 1. The maximum absolute atomic E-state index is 5.44. The summed E-state index contributed by atoms with van der Waals surface area (Å²) in [5, 5.41) is 8.09. The van der Waals surface area contributed by atoms with E-state index in [0.717, 1.165) is 22.5 Å². The highest BCUT2D eigenvalue weighted by Crippen LogP contribution is 2.37. The Morgan fingerprint density at radius 1 is 1.31 bits per heavy atom. The fourth-order valence-electron chi connectivity index (χ4n) is 4.20. The molecule has 4 nitrogen and oxygen atoms in total. The van der Waals surface area contributed by atoms with Crippen LogP contribution in [-0.4, -0.2) is 22.7 Å². The second kappa shape index (κ2) is 6.95. The third kappa shape index (κ3) is 3.09. The summed E-state index contributed by atoms with van der Waals surface area (Å²) in [4.78, 5) is 4.93. The first kappa shape index (κ1) is 17.4. The lowest BCUT2D eigenvalue weighted by molar-refractivity contribution is 0.358. The van der Waals surface area contributed by atoms with Crippen molar-refractivity contribution < 1.29 is 4.74 Å². The molecule has 1 N–H and O–H groups in total. The van der Waals surface area contributed by atoms with E-state index in [0.29, 0.717) is 6.04 Å². The molecule has 2 unspecified atom stereocenters. The summed E-state index contributed by atoms with van der Waals surface area (Å²) in [6.45, 7) is 4.52. The summed E-state index contributed by atoms with van der Waals surface area (Å²) < 4.78 is 7.67. The lowest BCUT2D eigenvalue weighted by Gasteiger charge is -2.27. The number of thiazole rings is 1. The molecule has 1 aliphatic rings. The number of anilines is 1. The quantitative estimate of drug-likeness (QED) is 0.650. The van der Waals surface area contributed by atoms with Gasteiger partial charge >= 0.3 is 0 Å². The lowest BCUT2D eigenvalue weighted by Crippen LogP contribution is -2.26. The summed E-state index contributed by atoms with van der Waals surface area (Å²) >= 11 is 1.71. The zero-order valence-corrected chi connectivity index (χ0v) is 16.8. The molecule has 5 heteroatoms. The predicted octanol–water partition coefficient (Wildman–Crippen LogP) is 5.61. The highest BCUT2D eigenvalue weighted by Gasteiger charge is 2.21. The standard InChI is InChI=1S/C21H27N3OS/c1-13-6-5-7-15(10-13)22-21-23-18(12-26-21)20-14(2)24(3)19-9-8-16(25-4)11-17(19)20/h8-9,11-13,15H,5-7,10H2,1-4H3,(H,22,23). The van der Waals surface area contributed by atoms with Gasteiger partial charge in [0.2, 0.25) is 0 Å². The normalized spacial score (nSPS) is 20.5. The molecule has 4 rings (SSSR count). The Morgan fingerprint density at radius 2 is 2.15 bits per heavy atom. The van der Waals surface area contributed by atoms with Crippen LogP contribution in [-0.2, 0) is 7.05 Å². The number of aromatic nitrogens is 2. The molecular formula is C21H27N3OS. The number of ether oxygens (including phenoxy) is 1. The van der Waals surface area contributed by atoms with E-state index in [9.17, 15) is 0 Å². The molecule has 1 aromatic carbocycles. The van der Waals surface area contributed by atoms with Gasteiger partial charge in [-0.05, 0) is 43.9 Å². The van der Waals surface area contributed by atoms with Crippen molar-refractivity contribution in [3.8, 4) is 17.0 Å². The minimum Gasteiger partial charge on any atom is -0.497 e. The van der Waals surface area contributed by atoms with Crippen LogP contribution in [0.15, 0.2) is 23.6 Å². The Morgan fingerprint density at radius 3 is 2.92 bits per heavy atom. The van der Waals surface area contributed by atoms with Crippen molar-refractivity contribution >= 4 is 27.4 Å². The smallest absolute Gasteiger partial charge is 0.183 e. The highest BCUT2D eigenvalue weighted by atomic mass is 32.1. The van der Waals surface area contributed by atoms with Crippen LogP contribution >= 0.6 is 11.3 Å². The average molecular weight is 370 g/mol. The van der Waals surface area contributed by atoms with Crippen LogP contribution in [0.1, 0.15) is 38.3 Å². The molecule has 0 bridgehead atoms. The fourth-order valence-corrected chi connectivity index (χ4v) is 4.98. The van der Waals surface area contributed by atoms with Gasteiger partial charge < -0.3 is 14.6 Å². The molecule has 2 atom stereocenters. The van der Waals surface area contributed by atoms with E-state index in [-0.39, 0.29) is 0 Å². The minimum absolute atomic E-state index is 0.562. The topological polar surface area (TPSA) is 39.1 Å². The third-order valence-electron chi connectivity index (χ3n) is 5.72. The van der Waals surface area contributed by atoms with Gasteiger partial charge in [-0.3, -0.25) is 0 Å². The van der Waals surface area contributed by atoms with Crippen molar-refractivity contribution in [3.05, 3.63) is 29.3 Å². The van der Waals surface area contributed by atoms with Gasteiger partial charge in [0.15, 0.2) is 5.13 Å². The Hall–Kier alpha value is -2.01. The van der Waals surface area contributed by atoms with Crippen molar-refractivity contribution in [2.45, 2.75) is 45.6 Å². The highest BCUT2D eigenvalue weighted by molar-refractivity contribution is 7.14. The summed E-state index contributed by atoms with van der Waals surface area (Å²) in [5.41, 5.74) is 4.71. The number of benzene rings is 1. The molecule has 138 valence electrons. The van der Waals surface area contributed by atoms with Crippen LogP contribution < -0.4 is 10.1 Å². The molecule has 0 aliphatic heterocycles. The van der Waals surface area contributed by atoms with Gasteiger partial charge in [0, 0.05) is 40.6 Å². The fraction of sp³-hybridized carbons (Fsp3) is 0.476. The SMILES string of the molecule is COc1ccc2c(c1)c(-c1csc(NC3CCCC(C)C3)n1)c(C)n2C. The molecule has 0 spiro atoms. The monoisotopic (exact) mass is 369 g/mol. The van der Waals surface area contributed by atoms with Gasteiger partial charge in [0.05, 0.1) is 12.8 Å². The number of hydrogen-bond acceptors (Lipinski definition) is 4. The van der Waals surface area contributed by atoms with Gasteiger partial charge in [-0.1, -0.05) is 19.8 Å². The van der Waals surface area contributed by atoms with E-state index in [1.165, 1.54) is 47.8 Å². The van der Waals surface area contributed by atoms with E-state index in [2.05, 4.69) is 48.3 Å². The maximum atomic E-state index is 5.44. The zero-order chi connectivity index (χ0) is 18.3. The van der Waals surface area contributed by atoms with E-state index >= 15 is 0 Å². The van der Waals surface area contributed by atoms with Crippen molar-refractivity contribution in [1.82, 2.24) is 9.55 Å². The first-order valence-electron chi connectivity index (χ1n) is 9.42. The molecule has 2 heterocycles. The molecule has 0 saturated heterocycles.